The molecule has 5 heterocycles. The lowest BCUT2D eigenvalue weighted by atomic mass is 9.97. The zero-order valence-electron chi connectivity index (χ0n) is 23.2. The van der Waals surface area contributed by atoms with E-state index in [2.05, 4.69) is 35.9 Å². The van der Waals surface area contributed by atoms with E-state index >= 15 is 0 Å². The Morgan fingerprint density at radius 3 is 2.41 bits per heavy atom. The molecule has 0 radical (unpaired) electrons. The van der Waals surface area contributed by atoms with Crippen molar-refractivity contribution in [1.82, 2.24) is 38.4 Å². The normalized spacial score (nSPS) is 14.3. The first-order chi connectivity index (χ1) is 19.8. The van der Waals surface area contributed by atoms with Gasteiger partial charge in [-0.1, -0.05) is 0 Å². The Labute approximate surface area is 239 Å². The molecule has 1 aliphatic rings. The third-order valence-electron chi connectivity index (χ3n) is 7.29. The third-order valence-corrected chi connectivity index (χ3v) is 9.04. The zero-order valence-corrected chi connectivity index (χ0v) is 24.0. The number of anilines is 2. The van der Waals surface area contributed by atoms with Crippen LogP contribution in [0.5, 0.6) is 0 Å². The Hall–Kier alpha value is -4.35. The van der Waals surface area contributed by atoms with Gasteiger partial charge in [-0.15, -0.1) is 0 Å². The highest BCUT2D eigenvalue weighted by Gasteiger charge is 2.31. The first-order valence-corrected chi connectivity index (χ1v) is 14.8. The number of sulfonamides is 1. The van der Waals surface area contributed by atoms with Gasteiger partial charge in [-0.25, -0.2) is 33.3 Å². The Bertz CT molecular complexity index is 1570. The van der Waals surface area contributed by atoms with Crippen LogP contribution in [0, 0.1) is 17.2 Å². The molecule has 4 aromatic rings. The molecule has 0 unspecified atom stereocenters. The summed E-state index contributed by atoms with van der Waals surface area (Å²) in [7, 11) is -0.181. The summed E-state index contributed by atoms with van der Waals surface area (Å²) in [6, 6.07) is 7.39. The Balaban J connectivity index is 1.35. The summed E-state index contributed by atoms with van der Waals surface area (Å²) in [5, 5.41) is 9.25. The number of aryl methyl sites for hydroxylation is 2. The minimum atomic E-state index is -3.85. The van der Waals surface area contributed by atoms with E-state index in [9.17, 15) is 13.7 Å². The van der Waals surface area contributed by atoms with Gasteiger partial charge in [0.1, 0.15) is 11.9 Å². The van der Waals surface area contributed by atoms with Gasteiger partial charge < -0.3 is 18.9 Å². The van der Waals surface area contributed by atoms with Crippen LogP contribution in [0.3, 0.4) is 0 Å². The van der Waals surface area contributed by atoms with Crippen LogP contribution in [0.25, 0.3) is 0 Å². The van der Waals surface area contributed by atoms with Crippen LogP contribution in [0.2, 0.25) is 0 Å². The second-order valence-electron chi connectivity index (χ2n) is 10.2. The van der Waals surface area contributed by atoms with E-state index in [1.807, 2.05) is 16.5 Å². The van der Waals surface area contributed by atoms with E-state index in [1.165, 1.54) is 18.7 Å². The summed E-state index contributed by atoms with van der Waals surface area (Å²) in [6.07, 6.45) is 13.2. The van der Waals surface area contributed by atoms with Crippen LogP contribution < -0.4 is 9.80 Å². The van der Waals surface area contributed by atoms with Crippen LogP contribution in [-0.2, 0) is 30.7 Å². The first kappa shape index (κ1) is 28.2. The second-order valence-corrected chi connectivity index (χ2v) is 12.0. The minimum Gasteiger partial charge on any atom is -0.349 e. The van der Waals surface area contributed by atoms with Gasteiger partial charge in [0.05, 0.1) is 30.5 Å². The van der Waals surface area contributed by atoms with Crippen LogP contribution in [-0.4, -0.2) is 79.5 Å². The average molecular weight is 576 g/mol. The third kappa shape index (κ3) is 6.69. The molecule has 1 aliphatic heterocycles. The molecule has 0 spiro atoms. The zero-order chi connectivity index (χ0) is 28.8. The fraction of sp³-hybridized carbons (Fsp3) is 0.407. The van der Waals surface area contributed by atoms with Crippen molar-refractivity contribution in [3.05, 3.63) is 73.1 Å². The molecule has 0 atom stereocenters. The lowest BCUT2D eigenvalue weighted by Crippen LogP contribution is -2.44. The van der Waals surface area contributed by atoms with E-state index in [0.717, 1.165) is 31.6 Å². The predicted molar refractivity (Wildman–Crippen MR) is 152 cm³/mol. The molecule has 14 heteroatoms. The van der Waals surface area contributed by atoms with Gasteiger partial charge in [-0.2, -0.15) is 9.57 Å². The maximum atomic E-state index is 13.8. The molecule has 13 nitrogen and oxygen atoms in total. The highest BCUT2D eigenvalue weighted by Crippen LogP contribution is 2.24. The van der Waals surface area contributed by atoms with E-state index in [-0.39, 0.29) is 17.5 Å². The molecule has 0 amide bonds. The number of imidazole rings is 2. The van der Waals surface area contributed by atoms with Crippen LogP contribution in [0.4, 0.5) is 11.8 Å². The smallest absolute Gasteiger partial charge is 0.262 e. The molecule has 0 saturated carbocycles. The van der Waals surface area contributed by atoms with Crippen LogP contribution >= 0.6 is 0 Å². The highest BCUT2D eigenvalue weighted by atomic mass is 32.2. The van der Waals surface area contributed by atoms with Crippen molar-refractivity contribution in [2.24, 2.45) is 20.0 Å². The molecule has 5 rings (SSSR count). The van der Waals surface area contributed by atoms with Crippen molar-refractivity contribution in [2.45, 2.75) is 24.4 Å². The number of nitriles is 1. The topological polar surface area (TPSA) is 142 Å². The van der Waals surface area contributed by atoms with Gasteiger partial charge in [-0.3, -0.25) is 0 Å². The summed E-state index contributed by atoms with van der Waals surface area (Å²) < 4.78 is 32.8. The van der Waals surface area contributed by atoms with Crippen molar-refractivity contribution in [3.63, 3.8) is 0 Å². The largest absolute Gasteiger partial charge is 0.349 e. The van der Waals surface area contributed by atoms with Gasteiger partial charge >= 0.3 is 0 Å². The second kappa shape index (κ2) is 12.4. The standard InChI is InChI=1S/C27H33N11O2S/c1-34-19-26(33-21-34)41(39,40)38(17-22-6-10-36(11-7-22)27-30-8-3-9-31-27)13-12-37(18-24-16-29-20-35(24)2)25-5-4-23(14-28)15-32-25/h3-5,8-9,15-16,19-22H,6-7,10-13,17-18H2,1-2H3. The number of hydrogen-bond acceptors (Lipinski definition) is 10. The maximum absolute atomic E-state index is 13.8. The lowest BCUT2D eigenvalue weighted by molar-refractivity contribution is 0.301. The monoisotopic (exact) mass is 575 g/mol. The molecule has 0 aliphatic carbocycles. The SMILES string of the molecule is Cn1cnc(S(=O)(=O)N(CCN(Cc2cncn2C)c2ccc(C#N)cn2)CC2CCN(c3ncccn3)CC2)c1. The molecule has 4 aromatic heterocycles. The van der Waals surface area contributed by atoms with Crippen molar-refractivity contribution >= 4 is 21.8 Å². The van der Waals surface area contributed by atoms with Crippen LogP contribution in [0.15, 0.2) is 66.9 Å². The number of piperidine rings is 1. The number of aromatic nitrogens is 7. The number of rotatable bonds is 11. The van der Waals surface area contributed by atoms with Gasteiger partial charge in [0.2, 0.25) is 5.95 Å². The van der Waals surface area contributed by atoms with Crippen molar-refractivity contribution < 1.29 is 8.42 Å². The Kier molecular flexibility index (Phi) is 8.55. The molecule has 0 N–H and O–H groups in total. The lowest BCUT2D eigenvalue weighted by Gasteiger charge is -2.35. The molecule has 41 heavy (non-hydrogen) atoms. The Morgan fingerprint density at radius 2 is 1.80 bits per heavy atom. The summed E-state index contributed by atoms with van der Waals surface area (Å²) in [5.41, 5.74) is 1.41. The molecule has 1 fully saturated rings. The van der Waals surface area contributed by atoms with Gasteiger partial charge in [0.15, 0.2) is 5.03 Å². The summed E-state index contributed by atoms with van der Waals surface area (Å²) in [5.74, 6) is 1.52. The minimum absolute atomic E-state index is 0.0322. The summed E-state index contributed by atoms with van der Waals surface area (Å²) in [4.78, 5) is 25.7. The van der Waals surface area contributed by atoms with Gasteiger partial charge in [-0.05, 0) is 37.0 Å². The molecule has 214 valence electrons. The fourth-order valence-corrected chi connectivity index (χ4v) is 6.37. The summed E-state index contributed by atoms with van der Waals surface area (Å²) >= 11 is 0. The average Bonchev–Trinajstić information content (AvgIpc) is 3.63. The Morgan fingerprint density at radius 1 is 1.02 bits per heavy atom. The van der Waals surface area contributed by atoms with Crippen LogP contribution in [0.1, 0.15) is 24.1 Å². The number of hydrogen-bond donors (Lipinski definition) is 0. The molecule has 0 aromatic carbocycles. The van der Waals surface area contributed by atoms with Crippen molar-refractivity contribution in [1.29, 1.82) is 5.26 Å². The maximum Gasteiger partial charge on any atom is 0.262 e. The first-order valence-electron chi connectivity index (χ1n) is 13.4. The quantitative estimate of drug-likeness (QED) is 0.260. The molecule has 0 bridgehead atoms. The van der Waals surface area contributed by atoms with Crippen molar-refractivity contribution in [2.75, 3.05) is 42.5 Å². The molecule has 1 saturated heterocycles. The van der Waals surface area contributed by atoms with E-state index in [0.29, 0.717) is 37.0 Å². The summed E-state index contributed by atoms with van der Waals surface area (Å²) in [6.45, 7) is 2.99. The highest BCUT2D eigenvalue weighted by molar-refractivity contribution is 7.89. The van der Waals surface area contributed by atoms with E-state index in [1.54, 1.807) is 59.0 Å². The van der Waals surface area contributed by atoms with Crippen molar-refractivity contribution in [3.8, 4) is 6.07 Å². The molecular formula is C27H33N11O2S. The predicted octanol–water partition coefficient (Wildman–Crippen LogP) is 1.82. The number of pyridine rings is 1. The van der Waals surface area contributed by atoms with E-state index in [4.69, 9.17) is 0 Å². The number of nitrogens with zero attached hydrogens (tertiary/aromatic N) is 11. The fourth-order valence-electron chi connectivity index (χ4n) is 4.90. The van der Waals surface area contributed by atoms with E-state index < -0.39 is 10.0 Å². The van der Waals surface area contributed by atoms with Gasteiger partial charge in [0.25, 0.3) is 10.0 Å². The van der Waals surface area contributed by atoms with Gasteiger partial charge in [0, 0.05) is 77.8 Å². The molecular weight excluding hydrogens is 542 g/mol.